The first-order chi connectivity index (χ1) is 12.7. The largest absolute Gasteiger partial charge is 0.354 e. The Labute approximate surface area is 166 Å². The molecule has 1 unspecified atom stereocenters. The number of nitrogens with zero attached hydrogens (tertiary/aromatic N) is 5. The number of carbonyl (C=O) groups is 1. The molecule has 1 saturated heterocycles. The average molecular weight is 386 g/mol. The Morgan fingerprint density at radius 3 is 2.67 bits per heavy atom. The molecule has 0 N–H and O–H groups in total. The van der Waals surface area contributed by atoms with Crippen LogP contribution in [0.4, 0.5) is 0 Å². The topological polar surface area (TPSA) is 72.6 Å². The molecule has 1 atom stereocenters. The van der Waals surface area contributed by atoms with Crippen LogP contribution in [0.3, 0.4) is 0 Å². The van der Waals surface area contributed by atoms with E-state index in [9.17, 15) is 10.1 Å². The number of allylic oxidation sites excluding steroid dienone is 1. The number of carbonyl (C=O) groups excluding carboxylic acids is 1. The SMILES string of the molecule is CC1CSC(=N/C(=C(/C#N)C=O)c2ccc(C(C)(C)N(C)C)nc2)N(C)C1. The molecule has 0 saturated carbocycles. The molecule has 1 aliphatic rings. The van der Waals surface area contributed by atoms with Crippen LogP contribution in [0, 0.1) is 17.2 Å². The van der Waals surface area contributed by atoms with Crippen LogP contribution in [0.2, 0.25) is 0 Å². The number of hydrogen-bond donors (Lipinski definition) is 0. The molecular formula is C20H27N5OS. The second-order valence-electron chi connectivity index (χ2n) is 7.57. The zero-order valence-corrected chi connectivity index (χ0v) is 17.7. The first-order valence-corrected chi connectivity index (χ1v) is 9.85. The van der Waals surface area contributed by atoms with Crippen molar-refractivity contribution in [2.45, 2.75) is 26.3 Å². The normalized spacial score (nSPS) is 20.4. The number of thioether (sulfide) groups is 1. The van der Waals surface area contributed by atoms with Crippen molar-refractivity contribution >= 4 is 28.9 Å². The van der Waals surface area contributed by atoms with Crippen LogP contribution in [-0.2, 0) is 10.3 Å². The van der Waals surface area contributed by atoms with Gasteiger partial charge in [0.1, 0.15) is 11.6 Å². The molecule has 27 heavy (non-hydrogen) atoms. The maximum atomic E-state index is 11.4. The van der Waals surface area contributed by atoms with E-state index in [1.807, 2.05) is 39.3 Å². The summed E-state index contributed by atoms with van der Waals surface area (Å²) in [6.07, 6.45) is 2.25. The second kappa shape index (κ2) is 8.68. The summed E-state index contributed by atoms with van der Waals surface area (Å²) < 4.78 is 0. The molecule has 0 bridgehead atoms. The molecule has 144 valence electrons. The predicted octanol–water partition coefficient (Wildman–Crippen LogP) is 2.98. The van der Waals surface area contributed by atoms with Gasteiger partial charge in [-0.05, 0) is 46.0 Å². The standard InChI is InChI=1S/C20H27N5OS/c1-14-11-25(6)19(27-13-14)23-18(16(9-21)12-26)15-7-8-17(22-10-15)20(2,3)24(4)5/h7-8,10,12,14H,11,13H2,1-6H3/b18-16-,23-19?. The van der Waals surface area contributed by atoms with Crippen LogP contribution in [-0.4, -0.2) is 59.7 Å². The Kier molecular flexibility index (Phi) is 6.79. The minimum atomic E-state index is -0.230. The summed E-state index contributed by atoms with van der Waals surface area (Å²) in [4.78, 5) is 24.8. The zero-order chi connectivity index (χ0) is 20.2. The van der Waals surface area contributed by atoms with Crippen LogP contribution >= 0.6 is 11.8 Å². The Morgan fingerprint density at radius 1 is 1.48 bits per heavy atom. The second-order valence-corrected chi connectivity index (χ2v) is 8.56. The van der Waals surface area contributed by atoms with Crippen LogP contribution in [0.1, 0.15) is 32.0 Å². The fourth-order valence-corrected chi connectivity index (χ4v) is 3.67. The Morgan fingerprint density at radius 2 is 2.19 bits per heavy atom. The molecule has 0 radical (unpaired) electrons. The van der Waals surface area contributed by atoms with Crippen molar-refractivity contribution in [3.63, 3.8) is 0 Å². The van der Waals surface area contributed by atoms with Gasteiger partial charge in [0.2, 0.25) is 0 Å². The summed E-state index contributed by atoms with van der Waals surface area (Å²) in [5.41, 5.74) is 1.73. The van der Waals surface area contributed by atoms with E-state index < -0.39 is 0 Å². The van der Waals surface area contributed by atoms with Crippen molar-refractivity contribution < 1.29 is 4.79 Å². The lowest BCUT2D eigenvalue weighted by Gasteiger charge is -2.32. The number of pyridine rings is 1. The molecule has 2 rings (SSSR count). The van der Waals surface area contributed by atoms with Crippen molar-refractivity contribution in [3.8, 4) is 6.07 Å². The van der Waals surface area contributed by atoms with Gasteiger partial charge in [0, 0.05) is 31.1 Å². The summed E-state index contributed by atoms with van der Waals surface area (Å²) in [5, 5.41) is 10.2. The van der Waals surface area contributed by atoms with E-state index in [0.29, 0.717) is 23.5 Å². The predicted molar refractivity (Wildman–Crippen MR) is 111 cm³/mol. The summed E-state index contributed by atoms with van der Waals surface area (Å²) in [5.74, 6) is 1.54. The van der Waals surface area contributed by atoms with Gasteiger partial charge in [-0.15, -0.1) is 0 Å². The van der Waals surface area contributed by atoms with E-state index in [0.717, 1.165) is 23.2 Å². The van der Waals surface area contributed by atoms with E-state index in [1.54, 1.807) is 18.0 Å². The number of aldehydes is 1. The first kappa shape index (κ1) is 21.1. The molecule has 1 aromatic rings. The van der Waals surface area contributed by atoms with Gasteiger partial charge in [0.15, 0.2) is 11.5 Å². The third-order valence-electron chi connectivity index (χ3n) is 4.89. The highest BCUT2D eigenvalue weighted by Crippen LogP contribution is 2.28. The third-order valence-corrected chi connectivity index (χ3v) is 6.29. The fraction of sp³-hybridized carbons (Fsp3) is 0.500. The lowest BCUT2D eigenvalue weighted by molar-refractivity contribution is -0.104. The van der Waals surface area contributed by atoms with Crippen molar-refractivity contribution in [2.75, 3.05) is 33.4 Å². The average Bonchev–Trinajstić information content (AvgIpc) is 2.63. The number of rotatable bonds is 5. The number of hydrogen-bond acceptors (Lipinski definition) is 6. The molecular weight excluding hydrogens is 358 g/mol. The first-order valence-electron chi connectivity index (χ1n) is 8.87. The molecule has 0 amide bonds. The van der Waals surface area contributed by atoms with Gasteiger partial charge in [-0.3, -0.25) is 14.7 Å². The molecule has 7 heteroatoms. The molecule has 0 spiro atoms. The van der Waals surface area contributed by atoms with Crippen molar-refractivity contribution in [1.29, 1.82) is 5.26 Å². The lowest BCUT2D eigenvalue weighted by Crippen LogP contribution is -2.36. The van der Waals surface area contributed by atoms with Crippen LogP contribution in [0.15, 0.2) is 28.9 Å². The summed E-state index contributed by atoms with van der Waals surface area (Å²) in [6, 6.07) is 5.77. The fourth-order valence-electron chi connectivity index (χ4n) is 2.68. The van der Waals surface area contributed by atoms with Gasteiger partial charge in [0.25, 0.3) is 0 Å². The quantitative estimate of drug-likeness (QED) is 0.441. The lowest BCUT2D eigenvalue weighted by atomic mass is 9.97. The highest BCUT2D eigenvalue weighted by atomic mass is 32.2. The van der Waals surface area contributed by atoms with E-state index in [1.165, 1.54) is 0 Å². The monoisotopic (exact) mass is 385 g/mol. The molecule has 1 fully saturated rings. The third kappa shape index (κ3) is 4.76. The van der Waals surface area contributed by atoms with Crippen molar-refractivity contribution in [2.24, 2.45) is 10.9 Å². The smallest absolute Gasteiger partial charge is 0.164 e. The van der Waals surface area contributed by atoms with Gasteiger partial charge >= 0.3 is 0 Å². The number of nitriles is 1. The summed E-state index contributed by atoms with van der Waals surface area (Å²) in [6.45, 7) is 7.27. The van der Waals surface area contributed by atoms with E-state index >= 15 is 0 Å². The maximum absolute atomic E-state index is 11.4. The van der Waals surface area contributed by atoms with Gasteiger partial charge in [0.05, 0.1) is 16.9 Å². The zero-order valence-electron chi connectivity index (χ0n) is 16.9. The number of aliphatic imine (C=N–C) groups is 1. The minimum Gasteiger partial charge on any atom is -0.354 e. The number of aromatic nitrogens is 1. The molecule has 0 aromatic carbocycles. The van der Waals surface area contributed by atoms with Crippen LogP contribution in [0.25, 0.3) is 5.70 Å². The molecule has 2 heterocycles. The summed E-state index contributed by atoms with van der Waals surface area (Å²) in [7, 11) is 5.99. The van der Waals surface area contributed by atoms with Gasteiger partial charge < -0.3 is 4.90 Å². The van der Waals surface area contributed by atoms with Gasteiger partial charge in [-0.2, -0.15) is 5.26 Å². The van der Waals surface area contributed by atoms with E-state index in [2.05, 4.69) is 40.5 Å². The van der Waals surface area contributed by atoms with Gasteiger partial charge in [-0.25, -0.2) is 4.99 Å². The molecule has 1 aliphatic heterocycles. The summed E-state index contributed by atoms with van der Waals surface area (Å²) >= 11 is 1.64. The maximum Gasteiger partial charge on any atom is 0.164 e. The van der Waals surface area contributed by atoms with Crippen LogP contribution in [0.5, 0.6) is 0 Å². The highest BCUT2D eigenvalue weighted by Gasteiger charge is 2.25. The minimum absolute atomic E-state index is 0.0107. The highest BCUT2D eigenvalue weighted by molar-refractivity contribution is 8.13. The van der Waals surface area contributed by atoms with Crippen LogP contribution < -0.4 is 0 Å². The van der Waals surface area contributed by atoms with E-state index in [4.69, 9.17) is 0 Å². The number of amidine groups is 1. The molecule has 1 aromatic heterocycles. The Hall–Kier alpha value is -2.17. The van der Waals surface area contributed by atoms with Gasteiger partial charge in [-0.1, -0.05) is 18.7 Å². The van der Waals surface area contributed by atoms with Crippen molar-refractivity contribution in [3.05, 3.63) is 35.2 Å². The Balaban J connectivity index is 2.47. The molecule has 6 nitrogen and oxygen atoms in total. The van der Waals surface area contributed by atoms with E-state index in [-0.39, 0.29) is 11.1 Å². The van der Waals surface area contributed by atoms with Crippen molar-refractivity contribution in [1.82, 2.24) is 14.8 Å². The molecule has 0 aliphatic carbocycles. The Bertz CT molecular complexity index is 790.